The Balaban J connectivity index is 1.78. The van der Waals surface area contributed by atoms with Gasteiger partial charge in [-0.2, -0.15) is 4.73 Å². The minimum absolute atomic E-state index is 0.0820. The maximum Gasteiger partial charge on any atom is 0.261 e. The third-order valence-electron chi connectivity index (χ3n) is 5.19. The lowest BCUT2D eigenvalue weighted by Gasteiger charge is -2.19. The highest BCUT2D eigenvalue weighted by Crippen LogP contribution is 2.35. The molecule has 6 nitrogen and oxygen atoms in total. The van der Waals surface area contributed by atoms with Crippen molar-refractivity contribution in [1.29, 1.82) is 0 Å². The van der Waals surface area contributed by atoms with Crippen LogP contribution in [0.4, 0.5) is 5.69 Å². The number of halogens is 1. The van der Waals surface area contributed by atoms with E-state index >= 15 is 0 Å². The van der Waals surface area contributed by atoms with E-state index in [1.165, 1.54) is 12.4 Å². The molecular weight excluding hydrogens is 446 g/mol. The lowest BCUT2D eigenvalue weighted by molar-refractivity contribution is -0.603. The Labute approximate surface area is 192 Å². The van der Waals surface area contributed by atoms with E-state index in [1.54, 1.807) is 48.7 Å². The summed E-state index contributed by atoms with van der Waals surface area (Å²) in [5, 5.41) is 13.5. The molecule has 4 rings (SSSR count). The molecule has 0 spiro atoms. The molecule has 0 atom stereocenters. The zero-order chi connectivity index (χ0) is 23.1. The summed E-state index contributed by atoms with van der Waals surface area (Å²) in [4.78, 5) is 4.60. The van der Waals surface area contributed by atoms with Crippen LogP contribution in [0.2, 0.25) is 5.02 Å². The lowest BCUT2D eigenvalue weighted by atomic mass is 9.87. The van der Waals surface area contributed by atoms with Crippen molar-refractivity contribution in [2.24, 2.45) is 0 Å². The fourth-order valence-electron chi connectivity index (χ4n) is 3.46. The zero-order valence-corrected chi connectivity index (χ0v) is 19.4. The molecule has 8 heteroatoms. The van der Waals surface area contributed by atoms with E-state index < -0.39 is 10.0 Å². The van der Waals surface area contributed by atoms with Crippen molar-refractivity contribution in [2.75, 3.05) is 4.72 Å². The summed E-state index contributed by atoms with van der Waals surface area (Å²) in [6, 6.07) is 15.1. The molecule has 0 bridgehead atoms. The van der Waals surface area contributed by atoms with Crippen LogP contribution in [0.25, 0.3) is 22.0 Å². The van der Waals surface area contributed by atoms with Gasteiger partial charge >= 0.3 is 0 Å². The monoisotopic (exact) mass is 467 g/mol. The number of hydrogen-bond donors (Lipinski definition) is 1. The number of fused-ring (bicyclic) bond motifs is 1. The highest BCUT2D eigenvalue weighted by molar-refractivity contribution is 7.92. The van der Waals surface area contributed by atoms with Gasteiger partial charge in [0, 0.05) is 28.2 Å². The SMILES string of the molecule is CC(C)(C)c1ccc(S(=O)(=O)Nc2ccc(Cl)cc2-c2nccc3c[n+]([O-])ccc23)cc1. The van der Waals surface area contributed by atoms with Crippen LogP contribution in [0.5, 0.6) is 0 Å². The quantitative estimate of drug-likeness (QED) is 0.326. The molecule has 0 fully saturated rings. The normalized spacial score (nSPS) is 12.1. The third kappa shape index (κ3) is 4.40. The van der Waals surface area contributed by atoms with E-state index in [1.807, 2.05) is 12.1 Å². The molecular formula is C24H22ClN3O3S. The van der Waals surface area contributed by atoms with Crippen LogP contribution >= 0.6 is 11.6 Å². The van der Waals surface area contributed by atoms with Crippen LogP contribution in [-0.2, 0) is 15.4 Å². The van der Waals surface area contributed by atoms with Crippen LogP contribution in [0.15, 0.2) is 78.1 Å². The van der Waals surface area contributed by atoms with E-state index in [-0.39, 0.29) is 10.3 Å². The summed E-state index contributed by atoms with van der Waals surface area (Å²) in [6.07, 6.45) is 4.38. The summed E-state index contributed by atoms with van der Waals surface area (Å²) >= 11 is 6.23. The van der Waals surface area contributed by atoms with Gasteiger partial charge in [-0.1, -0.05) is 44.5 Å². The number of aromatic nitrogens is 2. The first-order valence-electron chi connectivity index (χ1n) is 9.95. The maximum absolute atomic E-state index is 13.1. The molecule has 1 N–H and O–H groups in total. The summed E-state index contributed by atoms with van der Waals surface area (Å²) < 4.78 is 29.6. The van der Waals surface area contributed by atoms with Crippen molar-refractivity contribution in [3.05, 3.63) is 89.0 Å². The van der Waals surface area contributed by atoms with Crippen LogP contribution in [0.3, 0.4) is 0 Å². The number of hydrogen-bond acceptors (Lipinski definition) is 4. The number of nitrogens with zero attached hydrogens (tertiary/aromatic N) is 2. The zero-order valence-electron chi connectivity index (χ0n) is 17.8. The Morgan fingerprint density at radius 1 is 1.03 bits per heavy atom. The second-order valence-electron chi connectivity index (χ2n) is 8.54. The van der Waals surface area contributed by atoms with Crippen molar-refractivity contribution in [1.82, 2.24) is 4.98 Å². The molecule has 0 aliphatic heterocycles. The summed E-state index contributed by atoms with van der Waals surface area (Å²) in [7, 11) is -3.85. The van der Waals surface area contributed by atoms with E-state index in [0.717, 1.165) is 5.56 Å². The van der Waals surface area contributed by atoms with Gasteiger partial charge in [0.25, 0.3) is 10.0 Å². The molecule has 0 aliphatic rings. The van der Waals surface area contributed by atoms with Crippen molar-refractivity contribution >= 4 is 38.1 Å². The predicted octanol–water partition coefficient (Wildman–Crippen LogP) is 5.29. The average Bonchev–Trinajstić information content (AvgIpc) is 2.74. The fourth-order valence-corrected chi connectivity index (χ4v) is 4.71. The number of benzene rings is 2. The van der Waals surface area contributed by atoms with Gasteiger partial charge in [-0.05, 0) is 47.4 Å². The molecule has 32 heavy (non-hydrogen) atoms. The van der Waals surface area contributed by atoms with Crippen molar-refractivity contribution < 1.29 is 13.1 Å². The number of anilines is 1. The number of rotatable bonds is 4. The summed E-state index contributed by atoms with van der Waals surface area (Å²) in [6.45, 7) is 6.21. The first-order valence-corrected chi connectivity index (χ1v) is 11.8. The molecule has 2 aromatic carbocycles. The van der Waals surface area contributed by atoms with Gasteiger partial charge < -0.3 is 5.21 Å². The Hall–Kier alpha value is -3.16. The van der Waals surface area contributed by atoms with Crippen LogP contribution in [0.1, 0.15) is 26.3 Å². The minimum Gasteiger partial charge on any atom is -0.619 e. The molecule has 0 unspecified atom stereocenters. The Bertz CT molecular complexity index is 1410. The van der Waals surface area contributed by atoms with Gasteiger partial charge in [-0.3, -0.25) is 9.71 Å². The predicted molar refractivity (Wildman–Crippen MR) is 127 cm³/mol. The lowest BCUT2D eigenvalue weighted by Crippen LogP contribution is -2.23. The van der Waals surface area contributed by atoms with Gasteiger partial charge in [-0.25, -0.2) is 8.42 Å². The maximum atomic E-state index is 13.1. The average molecular weight is 468 g/mol. The Morgan fingerprint density at radius 2 is 1.75 bits per heavy atom. The molecule has 164 valence electrons. The highest BCUT2D eigenvalue weighted by Gasteiger charge is 2.20. The first kappa shape index (κ1) is 22.0. The minimum atomic E-state index is -3.85. The molecule has 0 saturated carbocycles. The molecule has 2 heterocycles. The van der Waals surface area contributed by atoms with Gasteiger partial charge in [0.05, 0.1) is 21.7 Å². The van der Waals surface area contributed by atoms with Crippen LogP contribution in [-0.4, -0.2) is 13.4 Å². The Morgan fingerprint density at radius 3 is 2.44 bits per heavy atom. The smallest absolute Gasteiger partial charge is 0.261 e. The fraction of sp³-hybridized carbons (Fsp3) is 0.167. The van der Waals surface area contributed by atoms with E-state index in [2.05, 4.69) is 30.5 Å². The topological polar surface area (TPSA) is 86.0 Å². The Kier molecular flexibility index (Phi) is 5.56. The number of sulfonamides is 1. The first-order chi connectivity index (χ1) is 15.0. The molecule has 4 aromatic rings. The van der Waals surface area contributed by atoms with Gasteiger partial charge in [0.2, 0.25) is 0 Å². The number of pyridine rings is 2. The summed E-state index contributed by atoms with van der Waals surface area (Å²) in [5.41, 5.74) is 2.34. The van der Waals surface area contributed by atoms with Gasteiger partial charge in [-0.15, -0.1) is 0 Å². The van der Waals surface area contributed by atoms with Crippen molar-refractivity contribution in [3.63, 3.8) is 0 Å². The number of nitrogens with one attached hydrogen (secondary N) is 1. The standard InChI is InChI=1S/C24H22ClN3O3S/c1-24(2,3)17-4-7-19(8-5-17)32(30,31)27-22-9-6-18(25)14-21(22)23-20-11-13-28(29)15-16(20)10-12-26-23/h4-15,27H,1-3H3. The summed E-state index contributed by atoms with van der Waals surface area (Å²) in [5.74, 6) is 0. The van der Waals surface area contributed by atoms with Crippen LogP contribution < -0.4 is 9.45 Å². The van der Waals surface area contributed by atoms with E-state index in [9.17, 15) is 13.6 Å². The highest BCUT2D eigenvalue weighted by atomic mass is 35.5. The van der Waals surface area contributed by atoms with Crippen molar-refractivity contribution in [3.8, 4) is 11.3 Å². The second-order valence-corrected chi connectivity index (χ2v) is 10.7. The van der Waals surface area contributed by atoms with Gasteiger partial charge in [0.1, 0.15) is 0 Å². The van der Waals surface area contributed by atoms with Crippen LogP contribution in [0, 0.1) is 5.21 Å². The van der Waals surface area contributed by atoms with E-state index in [0.29, 0.717) is 37.5 Å². The van der Waals surface area contributed by atoms with Gasteiger partial charge in [0.15, 0.2) is 12.4 Å². The molecule has 2 aromatic heterocycles. The molecule has 0 aliphatic carbocycles. The van der Waals surface area contributed by atoms with E-state index in [4.69, 9.17) is 11.6 Å². The molecule has 0 amide bonds. The van der Waals surface area contributed by atoms with Crippen molar-refractivity contribution in [2.45, 2.75) is 31.1 Å². The second kappa shape index (κ2) is 8.07. The largest absolute Gasteiger partial charge is 0.619 e. The third-order valence-corrected chi connectivity index (χ3v) is 6.81. The molecule has 0 radical (unpaired) electrons. The molecule has 0 saturated heterocycles.